The van der Waals surface area contributed by atoms with Crippen molar-refractivity contribution >= 4 is 143 Å². The second-order valence-electron chi connectivity index (χ2n) is 34.5. The Kier molecular flexibility index (Phi) is 19.5. The number of hydrogen-bond acceptors (Lipinski definition) is 4. The fourth-order valence-corrected chi connectivity index (χ4v) is 20.6. The Morgan fingerprint density at radius 1 is 0.157 bits per heavy atom. The lowest BCUT2D eigenvalue weighted by atomic mass is 9.95. The smallest absolute Gasteiger partial charge is 0.143 e. The van der Waals surface area contributed by atoms with E-state index in [2.05, 4.69) is 504 Å². The summed E-state index contributed by atoms with van der Waals surface area (Å²) >= 11 is 0. The maximum atomic E-state index is 6.49. The van der Waals surface area contributed by atoms with Gasteiger partial charge in [0.1, 0.15) is 22.3 Å². The molecular formula is C128H84N4O2. The SMILES string of the molecule is c1cc(-c2cccc(N(c3ccc(-c4cccc5c4oc4ccccc45)cc3)c3cccc(-c4cccc5ccccc45)c3)c2)cc(-c2ccccc2-n2c3ccccc3c3ccccc32)c1.c1cc(-c2cccc(N(c3ccc(-c4cccc5c4oc4ccccc45)cc3)c3ccccc3-c3cccc4ccccc34)c2)cc(-c2ccccc2-n2c3ccccc3c3ccccc32)c1. The molecular weight excluding hydrogens is 1630 g/mol. The number of nitrogens with zero attached hydrogens (tertiary/aromatic N) is 4. The molecule has 0 amide bonds. The second kappa shape index (κ2) is 33.3. The van der Waals surface area contributed by atoms with Crippen LogP contribution in [0.1, 0.15) is 0 Å². The van der Waals surface area contributed by atoms with Gasteiger partial charge in [0.05, 0.1) is 39.1 Å². The molecule has 628 valence electrons. The summed E-state index contributed by atoms with van der Waals surface area (Å²) in [7, 11) is 0. The Labute approximate surface area is 775 Å². The van der Waals surface area contributed by atoms with E-state index in [0.717, 1.165) is 151 Å². The Bertz CT molecular complexity index is 8940. The first kappa shape index (κ1) is 78.4. The third-order valence-electron chi connectivity index (χ3n) is 26.8. The van der Waals surface area contributed by atoms with Gasteiger partial charge < -0.3 is 27.8 Å². The molecule has 4 aromatic heterocycles. The molecule has 134 heavy (non-hydrogen) atoms. The van der Waals surface area contributed by atoms with E-state index in [9.17, 15) is 0 Å². The van der Waals surface area contributed by atoms with Crippen LogP contribution in [-0.4, -0.2) is 9.13 Å². The third kappa shape index (κ3) is 13.8. The van der Waals surface area contributed by atoms with E-state index in [-0.39, 0.29) is 0 Å². The standard InChI is InChI=1S/2C64H42N2O/c1-2-23-50-43(17-1)18-15-30-53(50)54-25-4-9-33-60(54)65(48-39-37-44(38-40-48)52-29-16-31-58-57-28-7-12-36-63(57)67-64(52)58)49-22-14-20-46(42-49)45-19-13-21-47(41-45)51-24-3-8-32-59(51)66-61-34-10-5-26-55(61)56-27-6-11-35-62(56)66;1-2-24-52-43(16-1)17-14-29-53(52)48-21-13-23-51(42-48)65(49-38-36-44(37-39-49)55-30-15-31-59-58-28-6-10-35-63(58)67-64(55)59)50-22-12-19-46(41-50)45-18-11-20-47(40-45)54-25-3-7-32-60(54)66-61-33-8-4-26-56(61)57-27-5-9-34-62(57)66/h2*1-42H. The van der Waals surface area contributed by atoms with Gasteiger partial charge in [-0.1, -0.05) is 382 Å². The van der Waals surface area contributed by atoms with Gasteiger partial charge in [-0.3, -0.25) is 0 Å². The highest BCUT2D eigenvalue weighted by molar-refractivity contribution is 6.14. The zero-order valence-electron chi connectivity index (χ0n) is 73.1. The van der Waals surface area contributed by atoms with E-state index in [1.165, 1.54) is 93.0 Å². The first-order valence-corrected chi connectivity index (χ1v) is 45.8. The maximum Gasteiger partial charge on any atom is 0.143 e. The van der Waals surface area contributed by atoms with Gasteiger partial charge in [0, 0.05) is 99.3 Å². The van der Waals surface area contributed by atoms with Crippen LogP contribution in [0, 0.1) is 0 Å². The number of aromatic nitrogens is 2. The zero-order chi connectivity index (χ0) is 88.5. The van der Waals surface area contributed by atoms with Gasteiger partial charge in [0.15, 0.2) is 0 Å². The molecule has 6 heteroatoms. The van der Waals surface area contributed by atoms with E-state index in [1.54, 1.807) is 0 Å². The highest BCUT2D eigenvalue weighted by Gasteiger charge is 2.25. The van der Waals surface area contributed by atoms with Gasteiger partial charge in [-0.05, 0) is 210 Å². The molecule has 0 unspecified atom stereocenters. The van der Waals surface area contributed by atoms with Crippen molar-refractivity contribution in [3.63, 3.8) is 0 Å². The number of benzene rings is 22. The molecule has 0 saturated heterocycles. The van der Waals surface area contributed by atoms with Crippen LogP contribution in [0.15, 0.2) is 518 Å². The molecule has 0 N–H and O–H groups in total. The highest BCUT2D eigenvalue weighted by Crippen LogP contribution is 2.49. The van der Waals surface area contributed by atoms with Crippen molar-refractivity contribution in [3.8, 4) is 100 Å². The molecule has 0 aliphatic carbocycles. The molecule has 0 aliphatic rings. The molecule has 6 nitrogen and oxygen atoms in total. The summed E-state index contributed by atoms with van der Waals surface area (Å²) in [4.78, 5) is 4.79. The molecule has 0 aliphatic heterocycles. The molecule has 0 fully saturated rings. The fourth-order valence-electron chi connectivity index (χ4n) is 20.6. The summed E-state index contributed by atoms with van der Waals surface area (Å²) < 4.78 is 17.8. The van der Waals surface area contributed by atoms with E-state index >= 15 is 0 Å². The van der Waals surface area contributed by atoms with Crippen LogP contribution in [-0.2, 0) is 0 Å². The average molecular weight is 1710 g/mol. The first-order chi connectivity index (χ1) is 66.5. The van der Waals surface area contributed by atoms with Crippen LogP contribution in [0.4, 0.5) is 34.1 Å². The first-order valence-electron chi connectivity index (χ1n) is 45.8. The van der Waals surface area contributed by atoms with Gasteiger partial charge in [0.25, 0.3) is 0 Å². The van der Waals surface area contributed by atoms with Crippen LogP contribution in [0.2, 0.25) is 0 Å². The van der Waals surface area contributed by atoms with Crippen LogP contribution in [0.25, 0.3) is 209 Å². The monoisotopic (exact) mass is 1710 g/mol. The molecule has 26 aromatic rings. The largest absolute Gasteiger partial charge is 0.455 e. The number of furan rings is 2. The van der Waals surface area contributed by atoms with Crippen LogP contribution in [0.5, 0.6) is 0 Å². The van der Waals surface area contributed by atoms with E-state index in [1.807, 2.05) is 24.3 Å². The lowest BCUT2D eigenvalue weighted by Crippen LogP contribution is -2.11. The number of anilines is 6. The van der Waals surface area contributed by atoms with Crippen LogP contribution >= 0.6 is 0 Å². The van der Waals surface area contributed by atoms with Crippen molar-refractivity contribution in [2.24, 2.45) is 0 Å². The number of fused-ring (bicyclic) bond motifs is 14. The van der Waals surface area contributed by atoms with Crippen molar-refractivity contribution in [2.75, 3.05) is 9.80 Å². The summed E-state index contributed by atoms with van der Waals surface area (Å²) in [6.45, 7) is 0. The molecule has 26 rings (SSSR count). The summed E-state index contributed by atoms with van der Waals surface area (Å²) in [5.41, 5.74) is 35.4. The molecule has 0 bridgehead atoms. The van der Waals surface area contributed by atoms with Crippen LogP contribution < -0.4 is 9.80 Å². The minimum Gasteiger partial charge on any atom is -0.455 e. The predicted molar refractivity (Wildman–Crippen MR) is 564 cm³/mol. The van der Waals surface area contributed by atoms with Crippen LogP contribution in [0.3, 0.4) is 0 Å². The lowest BCUT2D eigenvalue weighted by Gasteiger charge is -2.29. The molecule has 0 radical (unpaired) electrons. The normalized spacial score (nSPS) is 11.6. The number of rotatable bonds is 16. The van der Waals surface area contributed by atoms with Gasteiger partial charge >= 0.3 is 0 Å². The minimum atomic E-state index is 0.899. The summed E-state index contributed by atoms with van der Waals surface area (Å²) in [6.07, 6.45) is 0. The topological polar surface area (TPSA) is 42.6 Å². The van der Waals surface area contributed by atoms with Crippen molar-refractivity contribution < 1.29 is 8.83 Å². The average Bonchev–Trinajstić information content (AvgIpc) is 1.53. The predicted octanol–water partition coefficient (Wildman–Crippen LogP) is 35.9. The Morgan fingerprint density at radius 3 is 0.918 bits per heavy atom. The quantitative estimate of drug-likeness (QED) is 0.0967. The number of para-hydroxylation sites is 11. The molecule has 4 heterocycles. The van der Waals surface area contributed by atoms with E-state index in [4.69, 9.17) is 8.83 Å². The van der Waals surface area contributed by atoms with E-state index in [0.29, 0.717) is 0 Å². The zero-order valence-corrected chi connectivity index (χ0v) is 73.1. The summed E-state index contributed by atoms with van der Waals surface area (Å²) in [5, 5.41) is 14.4. The Hall–Kier alpha value is -17.8. The molecule has 0 saturated carbocycles. The maximum absolute atomic E-state index is 6.49. The second-order valence-corrected chi connectivity index (χ2v) is 34.5. The Balaban J connectivity index is 0.000000143. The van der Waals surface area contributed by atoms with Gasteiger partial charge in [-0.25, -0.2) is 0 Å². The fraction of sp³-hybridized carbons (Fsp3) is 0. The van der Waals surface area contributed by atoms with Crippen molar-refractivity contribution in [2.45, 2.75) is 0 Å². The third-order valence-corrected chi connectivity index (χ3v) is 26.8. The molecule has 0 atom stereocenters. The van der Waals surface area contributed by atoms with Gasteiger partial charge in [-0.15, -0.1) is 0 Å². The number of hydrogen-bond donors (Lipinski definition) is 0. The van der Waals surface area contributed by atoms with Crippen molar-refractivity contribution in [3.05, 3.63) is 510 Å². The highest BCUT2D eigenvalue weighted by atomic mass is 16.3. The Morgan fingerprint density at radius 2 is 0.448 bits per heavy atom. The van der Waals surface area contributed by atoms with Crippen molar-refractivity contribution in [1.82, 2.24) is 9.13 Å². The summed E-state index contributed by atoms with van der Waals surface area (Å²) in [5.74, 6) is 0. The summed E-state index contributed by atoms with van der Waals surface area (Å²) in [6, 6.07) is 184. The van der Waals surface area contributed by atoms with Gasteiger partial charge in [0.2, 0.25) is 0 Å². The lowest BCUT2D eigenvalue weighted by molar-refractivity contribution is 0.669. The van der Waals surface area contributed by atoms with E-state index < -0.39 is 0 Å². The molecule has 0 spiro atoms. The molecule has 22 aromatic carbocycles. The minimum absolute atomic E-state index is 0.899. The van der Waals surface area contributed by atoms with Crippen molar-refractivity contribution in [1.29, 1.82) is 0 Å². The van der Waals surface area contributed by atoms with Gasteiger partial charge in [-0.2, -0.15) is 0 Å².